The van der Waals surface area contributed by atoms with Crippen LogP contribution >= 0.6 is 11.6 Å². The SMILES string of the molecule is CCN(C(=O)c1cc(N2CCNC2=O)ccc1Cl)c1ccncc1. The number of aromatic nitrogens is 1. The molecule has 0 saturated carbocycles. The van der Waals surface area contributed by atoms with Gasteiger partial charge in [0.15, 0.2) is 0 Å². The second-order valence-electron chi connectivity index (χ2n) is 5.30. The van der Waals surface area contributed by atoms with Gasteiger partial charge in [-0.1, -0.05) is 11.6 Å². The molecule has 0 atom stereocenters. The molecule has 0 bridgehead atoms. The Morgan fingerprint density at radius 1 is 1.33 bits per heavy atom. The summed E-state index contributed by atoms with van der Waals surface area (Å²) >= 11 is 6.24. The molecule has 1 aromatic heterocycles. The van der Waals surface area contributed by atoms with Gasteiger partial charge in [-0.2, -0.15) is 0 Å². The van der Waals surface area contributed by atoms with Gasteiger partial charge in [0.2, 0.25) is 0 Å². The van der Waals surface area contributed by atoms with Crippen molar-refractivity contribution < 1.29 is 9.59 Å². The van der Waals surface area contributed by atoms with Crippen LogP contribution in [0.5, 0.6) is 0 Å². The van der Waals surface area contributed by atoms with Crippen molar-refractivity contribution in [3.8, 4) is 0 Å². The van der Waals surface area contributed by atoms with Crippen LogP contribution in [0.25, 0.3) is 0 Å². The minimum absolute atomic E-state index is 0.169. The van der Waals surface area contributed by atoms with Gasteiger partial charge in [-0.15, -0.1) is 0 Å². The lowest BCUT2D eigenvalue weighted by atomic mass is 10.1. The van der Waals surface area contributed by atoms with E-state index >= 15 is 0 Å². The molecular weight excluding hydrogens is 328 g/mol. The highest BCUT2D eigenvalue weighted by molar-refractivity contribution is 6.34. The van der Waals surface area contributed by atoms with Crippen molar-refractivity contribution in [1.82, 2.24) is 10.3 Å². The maximum Gasteiger partial charge on any atom is 0.321 e. The molecule has 1 saturated heterocycles. The Morgan fingerprint density at radius 3 is 2.71 bits per heavy atom. The molecule has 1 fully saturated rings. The lowest BCUT2D eigenvalue weighted by Crippen LogP contribution is -2.31. The average Bonchev–Trinajstić information content (AvgIpc) is 3.03. The van der Waals surface area contributed by atoms with Gasteiger partial charge in [0, 0.05) is 43.4 Å². The maximum absolute atomic E-state index is 12.9. The van der Waals surface area contributed by atoms with Gasteiger partial charge < -0.3 is 10.2 Å². The minimum atomic E-state index is -0.213. The summed E-state index contributed by atoms with van der Waals surface area (Å²) in [6.07, 6.45) is 3.27. The molecule has 1 aliphatic heterocycles. The van der Waals surface area contributed by atoms with Crippen molar-refractivity contribution in [1.29, 1.82) is 0 Å². The lowest BCUT2D eigenvalue weighted by Gasteiger charge is -2.22. The number of carbonyl (C=O) groups is 2. The molecule has 2 heterocycles. The number of rotatable bonds is 4. The Balaban J connectivity index is 1.95. The number of hydrogen-bond donors (Lipinski definition) is 1. The van der Waals surface area contributed by atoms with Crippen LogP contribution in [0.1, 0.15) is 17.3 Å². The second kappa shape index (κ2) is 6.88. The van der Waals surface area contributed by atoms with E-state index in [0.717, 1.165) is 5.69 Å². The highest BCUT2D eigenvalue weighted by Gasteiger charge is 2.24. The van der Waals surface area contributed by atoms with E-state index in [9.17, 15) is 9.59 Å². The van der Waals surface area contributed by atoms with Crippen LogP contribution in [-0.4, -0.2) is 36.6 Å². The van der Waals surface area contributed by atoms with E-state index in [2.05, 4.69) is 10.3 Å². The van der Waals surface area contributed by atoms with E-state index < -0.39 is 0 Å². The standard InChI is InChI=1S/C17H17ClN4O2/c1-2-21(12-5-7-19-8-6-12)16(23)14-11-13(3-4-15(14)18)22-10-9-20-17(22)24/h3-8,11H,2,9-10H2,1H3,(H,20,24). The van der Waals surface area contributed by atoms with Gasteiger partial charge in [-0.25, -0.2) is 4.79 Å². The number of benzene rings is 1. The lowest BCUT2D eigenvalue weighted by molar-refractivity contribution is 0.0988. The predicted octanol–water partition coefficient (Wildman–Crippen LogP) is 2.93. The van der Waals surface area contributed by atoms with E-state index in [1.165, 1.54) is 0 Å². The molecule has 124 valence electrons. The molecule has 0 unspecified atom stereocenters. The summed E-state index contributed by atoms with van der Waals surface area (Å²) < 4.78 is 0. The molecule has 7 heteroatoms. The number of hydrogen-bond acceptors (Lipinski definition) is 3. The summed E-state index contributed by atoms with van der Waals surface area (Å²) in [6, 6.07) is 8.43. The first-order valence-electron chi connectivity index (χ1n) is 7.68. The topological polar surface area (TPSA) is 65.5 Å². The third kappa shape index (κ3) is 3.05. The van der Waals surface area contributed by atoms with Crippen LogP contribution in [0.3, 0.4) is 0 Å². The Bertz CT molecular complexity index is 766. The number of nitrogens with one attached hydrogen (secondary N) is 1. The molecule has 1 aromatic carbocycles. The van der Waals surface area contributed by atoms with E-state index in [-0.39, 0.29) is 11.9 Å². The second-order valence-corrected chi connectivity index (χ2v) is 5.71. The third-order valence-electron chi connectivity index (χ3n) is 3.88. The number of urea groups is 1. The summed E-state index contributed by atoms with van der Waals surface area (Å²) in [5, 5.41) is 3.10. The first-order chi connectivity index (χ1) is 11.6. The summed E-state index contributed by atoms with van der Waals surface area (Å²) in [6.45, 7) is 3.54. The summed E-state index contributed by atoms with van der Waals surface area (Å²) in [7, 11) is 0. The number of halogens is 1. The first-order valence-corrected chi connectivity index (χ1v) is 8.06. The fraction of sp³-hybridized carbons (Fsp3) is 0.235. The molecule has 3 rings (SSSR count). The van der Waals surface area contributed by atoms with Crippen LogP contribution in [-0.2, 0) is 0 Å². The molecule has 0 spiro atoms. The largest absolute Gasteiger partial charge is 0.336 e. The van der Waals surface area contributed by atoms with E-state index in [1.54, 1.807) is 52.5 Å². The molecule has 3 amide bonds. The van der Waals surface area contributed by atoms with E-state index in [4.69, 9.17) is 11.6 Å². The van der Waals surface area contributed by atoms with Gasteiger partial charge in [0.1, 0.15) is 0 Å². The number of pyridine rings is 1. The fourth-order valence-corrected chi connectivity index (χ4v) is 2.87. The molecular formula is C17H17ClN4O2. The minimum Gasteiger partial charge on any atom is -0.336 e. The molecule has 0 radical (unpaired) electrons. The van der Waals surface area contributed by atoms with Crippen LogP contribution in [0, 0.1) is 0 Å². The third-order valence-corrected chi connectivity index (χ3v) is 4.21. The first kappa shape index (κ1) is 16.3. The smallest absolute Gasteiger partial charge is 0.321 e. The highest BCUT2D eigenvalue weighted by atomic mass is 35.5. The zero-order valence-electron chi connectivity index (χ0n) is 13.2. The number of anilines is 2. The summed E-state index contributed by atoms with van der Waals surface area (Å²) in [5.74, 6) is -0.213. The Labute approximate surface area is 145 Å². The van der Waals surface area contributed by atoms with Gasteiger partial charge in [0.05, 0.1) is 10.6 Å². The van der Waals surface area contributed by atoms with Crippen molar-refractivity contribution in [3.63, 3.8) is 0 Å². The fourth-order valence-electron chi connectivity index (χ4n) is 2.68. The zero-order valence-corrected chi connectivity index (χ0v) is 14.0. The van der Waals surface area contributed by atoms with E-state index in [1.807, 2.05) is 6.92 Å². The monoisotopic (exact) mass is 344 g/mol. The zero-order chi connectivity index (χ0) is 17.1. The van der Waals surface area contributed by atoms with Crippen molar-refractivity contribution >= 4 is 34.9 Å². The number of carbonyl (C=O) groups excluding carboxylic acids is 2. The van der Waals surface area contributed by atoms with Gasteiger partial charge >= 0.3 is 6.03 Å². The Morgan fingerprint density at radius 2 is 2.08 bits per heavy atom. The van der Waals surface area contributed by atoms with Crippen molar-refractivity contribution in [2.75, 3.05) is 29.4 Å². The number of amides is 3. The molecule has 1 aliphatic rings. The summed E-state index contributed by atoms with van der Waals surface area (Å²) in [5.41, 5.74) is 1.77. The van der Waals surface area contributed by atoms with Gasteiger partial charge in [-0.3, -0.25) is 14.7 Å². The number of nitrogens with zero attached hydrogens (tertiary/aromatic N) is 3. The maximum atomic E-state index is 12.9. The van der Waals surface area contributed by atoms with E-state index in [0.29, 0.717) is 35.9 Å². The van der Waals surface area contributed by atoms with Gasteiger partial charge in [-0.05, 0) is 37.3 Å². The van der Waals surface area contributed by atoms with Gasteiger partial charge in [0.25, 0.3) is 5.91 Å². The highest BCUT2D eigenvalue weighted by Crippen LogP contribution is 2.27. The van der Waals surface area contributed by atoms with Crippen molar-refractivity contribution in [2.45, 2.75) is 6.92 Å². The molecule has 24 heavy (non-hydrogen) atoms. The van der Waals surface area contributed by atoms with Crippen LogP contribution in [0.4, 0.5) is 16.2 Å². The molecule has 1 N–H and O–H groups in total. The molecule has 6 nitrogen and oxygen atoms in total. The summed E-state index contributed by atoms with van der Waals surface area (Å²) in [4.78, 5) is 32.0. The molecule has 0 aliphatic carbocycles. The Kier molecular flexibility index (Phi) is 4.66. The normalized spacial score (nSPS) is 13.8. The average molecular weight is 345 g/mol. The van der Waals surface area contributed by atoms with Crippen LogP contribution in [0.15, 0.2) is 42.7 Å². The van der Waals surface area contributed by atoms with Crippen molar-refractivity contribution in [2.24, 2.45) is 0 Å². The van der Waals surface area contributed by atoms with Crippen LogP contribution < -0.4 is 15.1 Å². The molecule has 2 aromatic rings. The quantitative estimate of drug-likeness (QED) is 0.927. The van der Waals surface area contributed by atoms with Crippen LogP contribution in [0.2, 0.25) is 5.02 Å². The predicted molar refractivity (Wildman–Crippen MR) is 93.8 cm³/mol. The Hall–Kier alpha value is -2.60. The van der Waals surface area contributed by atoms with Crippen molar-refractivity contribution in [3.05, 3.63) is 53.3 Å².